The van der Waals surface area contributed by atoms with Crippen molar-refractivity contribution in [2.75, 3.05) is 38.1 Å². The summed E-state index contributed by atoms with van der Waals surface area (Å²) in [7, 11) is -9.41. The summed E-state index contributed by atoms with van der Waals surface area (Å²) < 4.78 is 101. The molecule has 4 N–H and O–H groups in total. The van der Waals surface area contributed by atoms with Crippen LogP contribution in [0.15, 0.2) is 56.4 Å². The lowest BCUT2D eigenvalue weighted by Gasteiger charge is -2.13. The first-order chi connectivity index (χ1) is 18.1. The van der Waals surface area contributed by atoms with E-state index in [0.717, 1.165) is 18.2 Å². The number of aromatic hydroxyl groups is 1. The highest BCUT2D eigenvalue weighted by Crippen LogP contribution is 2.44. The zero-order valence-electron chi connectivity index (χ0n) is 20.5. The number of nitrogens with one attached hydrogen (secondary N) is 1. The summed E-state index contributed by atoms with van der Waals surface area (Å²) in [6.07, 6.45) is 0. The molecule has 3 aromatic rings. The van der Waals surface area contributed by atoms with Gasteiger partial charge in [0.1, 0.15) is 32.7 Å². The third kappa shape index (κ3) is 7.08. The van der Waals surface area contributed by atoms with Gasteiger partial charge in [-0.2, -0.15) is 16.8 Å². The Kier molecular flexibility index (Phi) is 8.98. The highest BCUT2D eigenvalue weighted by atomic mass is 33.1. The third-order valence-electron chi connectivity index (χ3n) is 5.26. The standard InChI is InChI=1S/C21H23N3O11S4/c1-22-13-5-4-12-8-19(38(28,29)30)20(21(25)14(12)9-13)24-23-15-10-17(35-3)18(11-16(15)34-2)37(26,27)7-6-36-39(31,32)33/h4-5,8-11,22,25H,6-7H2,1-3H3,(H,28,29,30)(H,31,32,33)/b24-23+. The topological polar surface area (TPSA) is 218 Å². The van der Waals surface area contributed by atoms with Crippen molar-refractivity contribution in [3.8, 4) is 17.2 Å². The molecule has 0 amide bonds. The fraction of sp³-hybridized carbons (Fsp3) is 0.238. The van der Waals surface area contributed by atoms with Crippen molar-refractivity contribution >= 4 is 67.7 Å². The summed E-state index contributed by atoms with van der Waals surface area (Å²) in [5.41, 5.74) is -0.123. The number of fused-ring (bicyclic) bond motifs is 1. The number of anilines is 1. The van der Waals surface area contributed by atoms with Crippen molar-refractivity contribution in [3.63, 3.8) is 0 Å². The smallest absolute Gasteiger partial charge is 0.319 e. The van der Waals surface area contributed by atoms with E-state index >= 15 is 0 Å². The molecule has 0 aliphatic carbocycles. The van der Waals surface area contributed by atoms with Crippen LogP contribution in [-0.4, -0.2) is 72.2 Å². The Balaban J connectivity index is 2.14. The van der Waals surface area contributed by atoms with E-state index in [1.807, 2.05) is 0 Å². The first-order valence-corrected chi connectivity index (χ1v) is 16.6. The van der Waals surface area contributed by atoms with Crippen LogP contribution < -0.4 is 14.8 Å². The Morgan fingerprint density at radius 3 is 2.13 bits per heavy atom. The number of methoxy groups -OCH3 is 2. The van der Waals surface area contributed by atoms with Gasteiger partial charge in [0.05, 0.1) is 20.0 Å². The van der Waals surface area contributed by atoms with Gasteiger partial charge in [-0.05, 0) is 34.4 Å². The number of hydrogen-bond donors (Lipinski definition) is 4. The highest BCUT2D eigenvalue weighted by molar-refractivity contribution is 8.70. The number of benzene rings is 3. The second-order valence-electron chi connectivity index (χ2n) is 7.68. The quantitative estimate of drug-likeness (QED) is 0.137. The lowest BCUT2D eigenvalue weighted by molar-refractivity contribution is 0.393. The third-order valence-corrected chi connectivity index (χ3v) is 10.2. The normalized spacial score (nSPS) is 12.6. The van der Waals surface area contributed by atoms with Crippen molar-refractivity contribution in [1.29, 1.82) is 0 Å². The van der Waals surface area contributed by atoms with Crippen molar-refractivity contribution < 1.29 is 48.9 Å². The van der Waals surface area contributed by atoms with Crippen LogP contribution in [0.4, 0.5) is 17.1 Å². The number of phenolic OH excluding ortho intramolecular Hbond substituents is 1. The molecule has 0 aliphatic heterocycles. The predicted molar refractivity (Wildman–Crippen MR) is 145 cm³/mol. The van der Waals surface area contributed by atoms with Gasteiger partial charge in [-0.3, -0.25) is 9.11 Å². The molecule has 0 spiro atoms. The summed E-state index contributed by atoms with van der Waals surface area (Å²) >= 11 is 0. The number of azo groups is 1. The van der Waals surface area contributed by atoms with E-state index in [1.54, 1.807) is 13.1 Å². The fourth-order valence-electron chi connectivity index (χ4n) is 3.43. The van der Waals surface area contributed by atoms with Crippen molar-refractivity contribution in [1.82, 2.24) is 0 Å². The molecule has 14 nitrogen and oxygen atoms in total. The summed E-state index contributed by atoms with van der Waals surface area (Å²) in [6, 6.07) is 7.96. The summed E-state index contributed by atoms with van der Waals surface area (Å²) in [5, 5.41) is 22.0. The van der Waals surface area contributed by atoms with Gasteiger partial charge in [0, 0.05) is 36.0 Å². The highest BCUT2D eigenvalue weighted by Gasteiger charge is 2.25. The lowest BCUT2D eigenvalue weighted by Crippen LogP contribution is -2.11. The maximum atomic E-state index is 12.8. The van der Waals surface area contributed by atoms with Gasteiger partial charge in [-0.25, -0.2) is 8.42 Å². The van der Waals surface area contributed by atoms with E-state index in [4.69, 9.17) is 14.0 Å². The number of nitrogens with zero attached hydrogens (tertiary/aromatic N) is 2. The first-order valence-electron chi connectivity index (χ1n) is 10.6. The zero-order chi connectivity index (χ0) is 29.2. The molecule has 0 atom stereocenters. The summed E-state index contributed by atoms with van der Waals surface area (Å²) in [4.78, 5) is -1.10. The van der Waals surface area contributed by atoms with Crippen LogP contribution in [0.2, 0.25) is 0 Å². The van der Waals surface area contributed by atoms with Crippen molar-refractivity contribution in [3.05, 3.63) is 36.4 Å². The van der Waals surface area contributed by atoms with Gasteiger partial charge >= 0.3 is 9.15 Å². The molecule has 3 rings (SSSR count). The minimum Gasteiger partial charge on any atom is -0.505 e. The zero-order valence-corrected chi connectivity index (χ0v) is 23.8. The van der Waals surface area contributed by atoms with E-state index in [0.29, 0.717) is 11.1 Å². The second kappa shape index (κ2) is 11.5. The van der Waals surface area contributed by atoms with E-state index in [2.05, 4.69) is 15.5 Å². The molecule has 0 saturated carbocycles. The monoisotopic (exact) mass is 621 g/mol. The van der Waals surface area contributed by atoms with Crippen LogP contribution >= 0.6 is 10.8 Å². The number of rotatable bonds is 11. The maximum absolute atomic E-state index is 12.8. The average Bonchev–Trinajstić information content (AvgIpc) is 2.85. The summed E-state index contributed by atoms with van der Waals surface area (Å²) in [5.74, 6) is -2.11. The molecule has 212 valence electrons. The van der Waals surface area contributed by atoms with Gasteiger partial charge in [0.15, 0.2) is 15.6 Å². The van der Waals surface area contributed by atoms with Gasteiger partial charge < -0.3 is 19.9 Å². The van der Waals surface area contributed by atoms with E-state index < -0.39 is 56.9 Å². The molecular weight excluding hydrogens is 599 g/mol. The molecule has 39 heavy (non-hydrogen) atoms. The van der Waals surface area contributed by atoms with Crippen LogP contribution in [-0.2, 0) is 29.1 Å². The van der Waals surface area contributed by atoms with E-state index in [9.17, 15) is 34.9 Å². The second-order valence-corrected chi connectivity index (χ2v) is 14.6. The Bertz CT molecular complexity index is 1770. The Labute approximate surface area is 227 Å². The minimum atomic E-state index is -4.87. The molecule has 3 aromatic carbocycles. The van der Waals surface area contributed by atoms with Gasteiger partial charge in [0.25, 0.3) is 10.1 Å². The van der Waals surface area contributed by atoms with Gasteiger partial charge in [0.2, 0.25) is 0 Å². The van der Waals surface area contributed by atoms with E-state index in [-0.39, 0.29) is 38.3 Å². The SMILES string of the molecule is CNc1ccc2cc(S(=O)(=O)O)c(/N=N/c3cc(OC)c(S(=O)(=O)CCSS(=O)(=O)O)cc3OC)c(O)c2c1. The number of ether oxygens (including phenoxy) is 2. The van der Waals surface area contributed by atoms with Crippen LogP contribution in [0.1, 0.15) is 0 Å². The molecule has 0 unspecified atom stereocenters. The Morgan fingerprint density at radius 2 is 1.56 bits per heavy atom. The van der Waals surface area contributed by atoms with Crippen LogP contribution in [0.3, 0.4) is 0 Å². The predicted octanol–water partition coefficient (Wildman–Crippen LogP) is 3.58. The molecule has 0 fully saturated rings. The van der Waals surface area contributed by atoms with Crippen LogP contribution in [0.5, 0.6) is 17.2 Å². The molecule has 0 bridgehead atoms. The maximum Gasteiger partial charge on any atom is 0.319 e. The Morgan fingerprint density at radius 1 is 0.897 bits per heavy atom. The van der Waals surface area contributed by atoms with Crippen LogP contribution in [0, 0.1) is 0 Å². The van der Waals surface area contributed by atoms with Crippen molar-refractivity contribution in [2.45, 2.75) is 9.79 Å². The molecule has 18 heteroatoms. The molecule has 0 heterocycles. The van der Waals surface area contributed by atoms with Gasteiger partial charge in [-0.15, -0.1) is 10.2 Å². The minimum absolute atomic E-state index is 0.0409. The number of sulfone groups is 1. The molecule has 0 aliphatic rings. The lowest BCUT2D eigenvalue weighted by atomic mass is 10.1. The number of phenols is 1. The first kappa shape index (κ1) is 30.4. The van der Waals surface area contributed by atoms with Gasteiger partial charge in [-0.1, -0.05) is 6.07 Å². The fourth-order valence-corrected chi connectivity index (χ4v) is 7.65. The molecule has 0 saturated heterocycles. The van der Waals surface area contributed by atoms with E-state index in [1.165, 1.54) is 26.4 Å². The summed E-state index contributed by atoms with van der Waals surface area (Å²) in [6.45, 7) is 0. The average molecular weight is 622 g/mol. The Hall–Kier alpha value is -3.16. The van der Waals surface area contributed by atoms with Crippen molar-refractivity contribution in [2.24, 2.45) is 10.2 Å². The molecular formula is C21H23N3O11S4. The van der Waals surface area contributed by atoms with Crippen LogP contribution in [0.25, 0.3) is 10.8 Å². The molecule has 0 radical (unpaired) electrons. The molecule has 0 aromatic heterocycles. The largest absolute Gasteiger partial charge is 0.505 e. The number of hydrogen-bond acceptors (Lipinski definition) is 13.